The number of hydrogen-bond acceptors (Lipinski definition) is 6. The molecular formula is C21H24N6O2. The number of rotatable bonds is 6. The van der Waals surface area contributed by atoms with Crippen LogP contribution in [0.15, 0.2) is 48.8 Å². The second-order valence-electron chi connectivity index (χ2n) is 7.07. The number of aromatic nitrogens is 4. The maximum absolute atomic E-state index is 11.9. The van der Waals surface area contributed by atoms with Gasteiger partial charge in [-0.2, -0.15) is 5.10 Å². The van der Waals surface area contributed by atoms with E-state index in [-0.39, 0.29) is 18.4 Å². The van der Waals surface area contributed by atoms with Gasteiger partial charge in [0.25, 0.3) is 0 Å². The minimum absolute atomic E-state index is 0.0185. The van der Waals surface area contributed by atoms with Gasteiger partial charge in [-0.15, -0.1) is 0 Å². The summed E-state index contributed by atoms with van der Waals surface area (Å²) in [6.45, 7) is 1.74. The lowest BCUT2D eigenvalue weighted by Crippen LogP contribution is -2.35. The van der Waals surface area contributed by atoms with Gasteiger partial charge >= 0.3 is 0 Å². The molecule has 8 nitrogen and oxygen atoms in total. The van der Waals surface area contributed by atoms with E-state index in [4.69, 9.17) is 9.72 Å². The number of nitrogens with zero attached hydrogens (tertiary/aromatic N) is 4. The molecule has 1 aliphatic rings. The van der Waals surface area contributed by atoms with Crippen LogP contribution in [0.3, 0.4) is 0 Å². The first-order chi connectivity index (χ1) is 14.2. The molecule has 0 saturated carbocycles. The molecule has 1 atom stereocenters. The first-order valence-electron chi connectivity index (χ1n) is 9.70. The number of amides is 1. The molecule has 0 bridgehead atoms. The Bertz CT molecular complexity index is 959. The molecule has 8 heteroatoms. The van der Waals surface area contributed by atoms with Crippen LogP contribution in [0.25, 0.3) is 11.4 Å². The lowest BCUT2D eigenvalue weighted by molar-refractivity contribution is -0.119. The summed E-state index contributed by atoms with van der Waals surface area (Å²) in [5, 5.41) is 10.1. The van der Waals surface area contributed by atoms with E-state index in [2.05, 4.69) is 25.4 Å². The van der Waals surface area contributed by atoms with Crippen LogP contribution in [-0.2, 0) is 9.53 Å². The van der Waals surface area contributed by atoms with E-state index in [1.165, 1.54) is 7.11 Å². The summed E-state index contributed by atoms with van der Waals surface area (Å²) in [6.07, 6.45) is 5.50. The Labute approximate surface area is 169 Å². The largest absolute Gasteiger partial charge is 0.375 e. The topological polar surface area (TPSA) is 96.0 Å². The van der Waals surface area contributed by atoms with Crippen molar-refractivity contribution in [3.05, 3.63) is 54.5 Å². The monoisotopic (exact) mass is 392 g/mol. The normalized spacial score (nSPS) is 16.6. The first-order valence-corrected chi connectivity index (χ1v) is 9.70. The third-order valence-corrected chi connectivity index (χ3v) is 5.04. The van der Waals surface area contributed by atoms with Gasteiger partial charge in [-0.25, -0.2) is 9.97 Å². The fourth-order valence-corrected chi connectivity index (χ4v) is 3.70. The minimum Gasteiger partial charge on any atom is -0.375 e. The van der Waals surface area contributed by atoms with E-state index in [9.17, 15) is 4.79 Å². The van der Waals surface area contributed by atoms with Gasteiger partial charge in [0.1, 0.15) is 12.4 Å². The Balaban J connectivity index is 1.51. The molecule has 1 aliphatic heterocycles. The molecular weight excluding hydrogens is 368 g/mol. The molecule has 29 heavy (non-hydrogen) atoms. The quantitative estimate of drug-likeness (QED) is 0.670. The van der Waals surface area contributed by atoms with E-state index < -0.39 is 0 Å². The Hall–Kier alpha value is -3.26. The molecule has 0 aliphatic carbocycles. The highest BCUT2D eigenvalue weighted by Gasteiger charge is 2.26. The van der Waals surface area contributed by atoms with E-state index in [0.29, 0.717) is 5.69 Å². The Morgan fingerprint density at radius 1 is 1.31 bits per heavy atom. The molecule has 1 saturated heterocycles. The summed E-state index contributed by atoms with van der Waals surface area (Å²) in [5.74, 6) is 1.66. The van der Waals surface area contributed by atoms with Crippen LogP contribution in [0.5, 0.6) is 0 Å². The lowest BCUT2D eigenvalue weighted by atomic mass is 9.94. The third kappa shape index (κ3) is 4.43. The van der Waals surface area contributed by atoms with Crippen molar-refractivity contribution in [1.82, 2.24) is 20.2 Å². The summed E-state index contributed by atoms with van der Waals surface area (Å²) >= 11 is 0. The highest BCUT2D eigenvalue weighted by molar-refractivity contribution is 5.92. The molecule has 3 heterocycles. The number of nitrogens with one attached hydrogen (secondary N) is 2. The molecule has 3 aromatic rings. The number of aromatic amines is 1. The van der Waals surface area contributed by atoms with Gasteiger partial charge in [0.15, 0.2) is 5.82 Å². The molecule has 2 aromatic heterocycles. The zero-order valence-corrected chi connectivity index (χ0v) is 16.3. The summed E-state index contributed by atoms with van der Waals surface area (Å²) in [5.41, 5.74) is 2.66. The van der Waals surface area contributed by atoms with Gasteiger partial charge in [-0.1, -0.05) is 30.3 Å². The Morgan fingerprint density at radius 2 is 2.17 bits per heavy atom. The number of carbonyl (C=O) groups is 1. The van der Waals surface area contributed by atoms with Crippen molar-refractivity contribution in [2.45, 2.75) is 18.8 Å². The fraction of sp³-hybridized carbons (Fsp3) is 0.333. The SMILES string of the molecule is COCC(=O)Nc1cn[nH]c1[C@H]1CCCN(c2ccnc(-c3ccccc3)n2)C1. The minimum atomic E-state index is -0.189. The predicted molar refractivity (Wildman–Crippen MR) is 111 cm³/mol. The fourth-order valence-electron chi connectivity index (χ4n) is 3.70. The molecule has 1 amide bonds. The van der Waals surface area contributed by atoms with Crippen LogP contribution in [0, 0.1) is 0 Å². The zero-order valence-electron chi connectivity index (χ0n) is 16.3. The van der Waals surface area contributed by atoms with Crippen LogP contribution < -0.4 is 10.2 Å². The van der Waals surface area contributed by atoms with E-state index in [1.807, 2.05) is 36.4 Å². The Kier molecular flexibility index (Phi) is 5.81. The average molecular weight is 392 g/mol. The second kappa shape index (κ2) is 8.83. The van der Waals surface area contributed by atoms with Gasteiger partial charge in [0, 0.05) is 37.9 Å². The first kappa shape index (κ1) is 19.1. The van der Waals surface area contributed by atoms with Crippen molar-refractivity contribution in [3.63, 3.8) is 0 Å². The highest BCUT2D eigenvalue weighted by Crippen LogP contribution is 2.32. The second-order valence-corrected chi connectivity index (χ2v) is 7.07. The van der Waals surface area contributed by atoms with Crippen molar-refractivity contribution < 1.29 is 9.53 Å². The summed E-state index contributed by atoms with van der Waals surface area (Å²) < 4.78 is 4.90. The van der Waals surface area contributed by atoms with Crippen molar-refractivity contribution >= 4 is 17.4 Å². The van der Waals surface area contributed by atoms with Crippen LogP contribution >= 0.6 is 0 Å². The van der Waals surface area contributed by atoms with Crippen molar-refractivity contribution in [2.24, 2.45) is 0 Å². The molecule has 1 fully saturated rings. The molecule has 2 N–H and O–H groups in total. The number of ether oxygens (including phenoxy) is 1. The number of anilines is 2. The summed E-state index contributed by atoms with van der Waals surface area (Å²) in [4.78, 5) is 23.4. The molecule has 0 unspecified atom stereocenters. The Morgan fingerprint density at radius 3 is 3.00 bits per heavy atom. The van der Waals surface area contributed by atoms with Crippen LogP contribution in [-0.4, -0.2) is 52.9 Å². The van der Waals surface area contributed by atoms with Crippen LogP contribution in [0.1, 0.15) is 24.5 Å². The molecule has 0 radical (unpaired) electrons. The predicted octanol–water partition coefficient (Wildman–Crippen LogP) is 2.84. The van der Waals surface area contributed by atoms with Gasteiger partial charge in [0.2, 0.25) is 5.91 Å². The van der Waals surface area contributed by atoms with E-state index in [0.717, 1.165) is 48.8 Å². The maximum atomic E-state index is 11.9. The number of piperidine rings is 1. The average Bonchev–Trinajstić information content (AvgIpc) is 3.23. The molecule has 4 rings (SSSR count). The maximum Gasteiger partial charge on any atom is 0.250 e. The number of benzene rings is 1. The summed E-state index contributed by atoms with van der Waals surface area (Å²) in [6, 6.07) is 11.9. The van der Waals surface area contributed by atoms with Gasteiger partial charge in [0.05, 0.1) is 17.6 Å². The van der Waals surface area contributed by atoms with E-state index >= 15 is 0 Å². The number of carbonyl (C=O) groups excluding carboxylic acids is 1. The number of methoxy groups -OCH3 is 1. The van der Waals surface area contributed by atoms with Crippen LogP contribution in [0.2, 0.25) is 0 Å². The zero-order chi connectivity index (χ0) is 20.1. The number of H-pyrrole nitrogens is 1. The smallest absolute Gasteiger partial charge is 0.250 e. The number of hydrogen-bond donors (Lipinski definition) is 2. The van der Waals surface area contributed by atoms with Crippen LogP contribution in [0.4, 0.5) is 11.5 Å². The molecule has 0 spiro atoms. The highest BCUT2D eigenvalue weighted by atomic mass is 16.5. The van der Waals surface area contributed by atoms with E-state index in [1.54, 1.807) is 12.4 Å². The van der Waals surface area contributed by atoms with Crippen molar-refractivity contribution in [2.75, 3.05) is 37.0 Å². The van der Waals surface area contributed by atoms with Crippen molar-refractivity contribution in [1.29, 1.82) is 0 Å². The van der Waals surface area contributed by atoms with Gasteiger partial charge in [-0.05, 0) is 18.9 Å². The van der Waals surface area contributed by atoms with Gasteiger partial charge in [-0.3, -0.25) is 9.89 Å². The van der Waals surface area contributed by atoms with Crippen molar-refractivity contribution in [3.8, 4) is 11.4 Å². The molecule has 1 aromatic carbocycles. The lowest BCUT2D eigenvalue weighted by Gasteiger charge is -2.33. The van der Waals surface area contributed by atoms with Gasteiger partial charge < -0.3 is 15.0 Å². The third-order valence-electron chi connectivity index (χ3n) is 5.04. The molecule has 150 valence electrons. The summed E-state index contributed by atoms with van der Waals surface area (Å²) in [7, 11) is 1.50. The standard InChI is InChI=1S/C21H24N6O2/c1-29-14-19(28)24-17-12-23-26-20(17)16-8-5-11-27(13-16)18-9-10-22-21(25-18)15-6-3-2-4-7-15/h2-4,6-7,9-10,12,16H,5,8,11,13-14H2,1H3,(H,23,26)(H,24,28)/t16-/m0/s1.